The Labute approximate surface area is 138 Å². The SMILES string of the molecule is CCCNC(N)=NCc1ccc(N2CC=CC2)cc1.I. The molecule has 0 unspecified atom stereocenters. The maximum Gasteiger partial charge on any atom is 0.188 e. The third-order valence-electron chi connectivity index (χ3n) is 3.11. The van der Waals surface area contributed by atoms with E-state index in [4.69, 9.17) is 5.73 Å². The van der Waals surface area contributed by atoms with Gasteiger partial charge in [0.15, 0.2) is 5.96 Å². The Morgan fingerprint density at radius 1 is 1.25 bits per heavy atom. The molecule has 1 aliphatic heterocycles. The van der Waals surface area contributed by atoms with Crippen LogP contribution in [-0.4, -0.2) is 25.6 Å². The maximum absolute atomic E-state index is 5.76. The van der Waals surface area contributed by atoms with Gasteiger partial charge < -0.3 is 16.0 Å². The Balaban J connectivity index is 0.00000200. The second kappa shape index (κ2) is 8.84. The number of benzene rings is 1. The second-order valence-corrected chi connectivity index (χ2v) is 4.67. The van der Waals surface area contributed by atoms with Crippen LogP contribution in [0.25, 0.3) is 0 Å². The van der Waals surface area contributed by atoms with Gasteiger partial charge in [-0.1, -0.05) is 31.2 Å². The largest absolute Gasteiger partial charge is 0.370 e. The van der Waals surface area contributed by atoms with Gasteiger partial charge in [-0.2, -0.15) is 0 Å². The van der Waals surface area contributed by atoms with E-state index in [0.29, 0.717) is 12.5 Å². The Kier molecular flexibility index (Phi) is 7.43. The monoisotopic (exact) mass is 386 g/mol. The first kappa shape index (κ1) is 16.8. The van der Waals surface area contributed by atoms with Crippen LogP contribution in [0.4, 0.5) is 5.69 Å². The highest BCUT2D eigenvalue weighted by atomic mass is 127. The van der Waals surface area contributed by atoms with Crippen LogP contribution < -0.4 is 16.0 Å². The molecule has 0 saturated carbocycles. The van der Waals surface area contributed by atoms with Crippen molar-refractivity contribution in [2.24, 2.45) is 10.7 Å². The Hall–Kier alpha value is -1.24. The van der Waals surface area contributed by atoms with Gasteiger partial charge in [-0.15, -0.1) is 24.0 Å². The lowest BCUT2D eigenvalue weighted by Crippen LogP contribution is -2.32. The molecule has 0 aromatic heterocycles. The molecule has 3 N–H and O–H groups in total. The molecule has 0 spiro atoms. The van der Waals surface area contributed by atoms with Crippen molar-refractivity contribution in [1.29, 1.82) is 0 Å². The van der Waals surface area contributed by atoms with Gasteiger partial charge in [0.2, 0.25) is 0 Å². The molecule has 0 saturated heterocycles. The van der Waals surface area contributed by atoms with Crippen LogP contribution in [0, 0.1) is 0 Å². The fourth-order valence-corrected chi connectivity index (χ4v) is 1.99. The molecule has 0 aliphatic carbocycles. The fraction of sp³-hybridized carbons (Fsp3) is 0.400. The molecule has 0 bridgehead atoms. The van der Waals surface area contributed by atoms with Crippen molar-refractivity contribution >= 4 is 35.6 Å². The van der Waals surface area contributed by atoms with Gasteiger partial charge in [0.1, 0.15) is 0 Å². The first-order chi connectivity index (χ1) is 9.29. The molecule has 0 atom stereocenters. The smallest absolute Gasteiger partial charge is 0.188 e. The van der Waals surface area contributed by atoms with Crippen LogP contribution in [0.1, 0.15) is 18.9 Å². The number of anilines is 1. The van der Waals surface area contributed by atoms with E-state index in [-0.39, 0.29) is 24.0 Å². The number of hydrogen-bond donors (Lipinski definition) is 2. The fourth-order valence-electron chi connectivity index (χ4n) is 1.99. The molecule has 1 aromatic rings. The van der Waals surface area contributed by atoms with Crippen molar-refractivity contribution in [3.8, 4) is 0 Å². The lowest BCUT2D eigenvalue weighted by Gasteiger charge is -2.17. The van der Waals surface area contributed by atoms with E-state index in [0.717, 1.165) is 26.1 Å². The summed E-state index contributed by atoms with van der Waals surface area (Å²) in [7, 11) is 0. The summed E-state index contributed by atoms with van der Waals surface area (Å²) in [6, 6.07) is 8.52. The van der Waals surface area contributed by atoms with Gasteiger partial charge in [-0.25, -0.2) is 4.99 Å². The molecule has 0 radical (unpaired) electrons. The predicted molar refractivity (Wildman–Crippen MR) is 96.8 cm³/mol. The summed E-state index contributed by atoms with van der Waals surface area (Å²) in [5.41, 5.74) is 8.20. The van der Waals surface area contributed by atoms with Gasteiger partial charge in [0.25, 0.3) is 0 Å². The molecule has 2 rings (SSSR count). The number of aliphatic imine (C=N–C) groups is 1. The van der Waals surface area contributed by atoms with E-state index in [2.05, 4.69) is 58.6 Å². The van der Waals surface area contributed by atoms with Crippen LogP contribution >= 0.6 is 24.0 Å². The van der Waals surface area contributed by atoms with E-state index in [1.807, 2.05) is 0 Å². The standard InChI is InChI=1S/C15H22N4.HI/c1-2-9-17-15(16)18-12-13-5-7-14(8-6-13)19-10-3-4-11-19;/h3-8H,2,9-12H2,1H3,(H3,16,17,18);1H. The molecule has 1 aromatic carbocycles. The van der Waals surface area contributed by atoms with E-state index >= 15 is 0 Å². The van der Waals surface area contributed by atoms with E-state index in [1.165, 1.54) is 11.3 Å². The molecule has 4 nitrogen and oxygen atoms in total. The van der Waals surface area contributed by atoms with Crippen LogP contribution in [0.2, 0.25) is 0 Å². The minimum Gasteiger partial charge on any atom is -0.370 e. The first-order valence-corrected chi connectivity index (χ1v) is 6.82. The summed E-state index contributed by atoms with van der Waals surface area (Å²) in [4.78, 5) is 6.64. The highest BCUT2D eigenvalue weighted by Gasteiger charge is 2.06. The van der Waals surface area contributed by atoms with E-state index in [1.54, 1.807) is 0 Å². The molecule has 20 heavy (non-hydrogen) atoms. The van der Waals surface area contributed by atoms with Crippen LogP contribution in [0.5, 0.6) is 0 Å². The summed E-state index contributed by atoms with van der Waals surface area (Å²) in [5.74, 6) is 0.523. The Bertz CT molecular complexity index is 445. The number of rotatable bonds is 5. The summed E-state index contributed by atoms with van der Waals surface area (Å²) < 4.78 is 0. The van der Waals surface area contributed by atoms with Crippen molar-refractivity contribution in [3.05, 3.63) is 42.0 Å². The van der Waals surface area contributed by atoms with Crippen molar-refractivity contribution in [3.63, 3.8) is 0 Å². The zero-order valence-electron chi connectivity index (χ0n) is 11.9. The summed E-state index contributed by atoms with van der Waals surface area (Å²) >= 11 is 0. The topological polar surface area (TPSA) is 53.6 Å². The number of nitrogens with zero attached hydrogens (tertiary/aromatic N) is 2. The third kappa shape index (κ3) is 5.03. The molecule has 0 amide bonds. The molecule has 1 heterocycles. The minimum absolute atomic E-state index is 0. The molecule has 5 heteroatoms. The lowest BCUT2D eigenvalue weighted by atomic mass is 10.2. The zero-order chi connectivity index (χ0) is 13.5. The Morgan fingerprint density at radius 2 is 1.90 bits per heavy atom. The third-order valence-corrected chi connectivity index (χ3v) is 3.11. The van der Waals surface area contributed by atoms with E-state index in [9.17, 15) is 0 Å². The maximum atomic E-state index is 5.76. The average molecular weight is 386 g/mol. The average Bonchev–Trinajstić information content (AvgIpc) is 2.97. The first-order valence-electron chi connectivity index (χ1n) is 6.82. The summed E-state index contributed by atoms with van der Waals surface area (Å²) in [6.07, 6.45) is 5.44. The molecule has 1 aliphatic rings. The quantitative estimate of drug-likeness (QED) is 0.354. The van der Waals surface area contributed by atoms with Gasteiger partial charge in [0.05, 0.1) is 6.54 Å². The number of halogens is 1. The summed E-state index contributed by atoms with van der Waals surface area (Å²) in [5, 5.41) is 3.07. The van der Waals surface area contributed by atoms with E-state index < -0.39 is 0 Å². The van der Waals surface area contributed by atoms with Gasteiger partial charge in [-0.05, 0) is 24.1 Å². The Morgan fingerprint density at radius 3 is 2.50 bits per heavy atom. The predicted octanol–water partition coefficient (Wildman–Crippen LogP) is 2.50. The summed E-state index contributed by atoms with van der Waals surface area (Å²) in [6.45, 7) is 5.61. The number of hydrogen-bond acceptors (Lipinski definition) is 2. The molecule has 110 valence electrons. The number of nitrogens with two attached hydrogens (primary N) is 1. The van der Waals surface area contributed by atoms with Gasteiger partial charge >= 0.3 is 0 Å². The van der Waals surface area contributed by atoms with Crippen molar-refractivity contribution in [2.75, 3.05) is 24.5 Å². The highest BCUT2D eigenvalue weighted by molar-refractivity contribution is 14.0. The molecule has 0 fully saturated rings. The van der Waals surface area contributed by atoms with Crippen molar-refractivity contribution < 1.29 is 0 Å². The van der Waals surface area contributed by atoms with Crippen LogP contribution in [0.3, 0.4) is 0 Å². The van der Waals surface area contributed by atoms with Crippen LogP contribution in [0.15, 0.2) is 41.4 Å². The second-order valence-electron chi connectivity index (χ2n) is 4.67. The normalized spacial score (nSPS) is 14.2. The minimum atomic E-state index is 0. The lowest BCUT2D eigenvalue weighted by molar-refractivity contribution is 0.825. The van der Waals surface area contributed by atoms with Crippen LogP contribution in [-0.2, 0) is 6.54 Å². The van der Waals surface area contributed by atoms with Gasteiger partial charge in [0, 0.05) is 25.3 Å². The number of nitrogens with one attached hydrogen (secondary N) is 1. The molecular weight excluding hydrogens is 363 g/mol. The van der Waals surface area contributed by atoms with Crippen molar-refractivity contribution in [1.82, 2.24) is 5.32 Å². The number of guanidine groups is 1. The van der Waals surface area contributed by atoms with Crippen molar-refractivity contribution in [2.45, 2.75) is 19.9 Å². The van der Waals surface area contributed by atoms with Gasteiger partial charge in [-0.3, -0.25) is 0 Å². The zero-order valence-corrected chi connectivity index (χ0v) is 14.2. The molecular formula is C15H23IN4. The highest BCUT2D eigenvalue weighted by Crippen LogP contribution is 2.17.